The number of rotatable bonds is 8. The zero-order valence-corrected chi connectivity index (χ0v) is 16.6. The maximum Gasteiger partial charge on any atom is 0.271 e. The number of carbonyl (C=O) groups excluding carboxylic acids is 1. The van der Waals surface area contributed by atoms with Crippen LogP contribution in [0.2, 0.25) is 0 Å². The molecule has 154 valence electrons. The van der Waals surface area contributed by atoms with Gasteiger partial charge in [-0.3, -0.25) is 10.1 Å². The Morgan fingerprint density at radius 1 is 1.07 bits per heavy atom. The first-order chi connectivity index (χ1) is 14.4. The Bertz CT molecular complexity index is 1080. The van der Waals surface area contributed by atoms with E-state index in [1.807, 2.05) is 24.3 Å². The van der Waals surface area contributed by atoms with Crippen LogP contribution in [0.15, 0.2) is 54.6 Å². The molecule has 0 atom stereocenters. The van der Waals surface area contributed by atoms with Crippen molar-refractivity contribution in [3.05, 3.63) is 87.2 Å². The van der Waals surface area contributed by atoms with Gasteiger partial charge in [-0.25, -0.2) is 4.39 Å². The van der Waals surface area contributed by atoms with Gasteiger partial charge in [-0.15, -0.1) is 0 Å². The third kappa shape index (κ3) is 4.81. The number of benzene rings is 3. The predicted molar refractivity (Wildman–Crippen MR) is 113 cm³/mol. The lowest BCUT2D eigenvalue weighted by atomic mass is 10.1. The maximum atomic E-state index is 13.6. The minimum Gasteiger partial charge on any atom is -0.455 e. The van der Waals surface area contributed by atoms with Gasteiger partial charge in [-0.2, -0.15) is 0 Å². The van der Waals surface area contributed by atoms with E-state index in [1.54, 1.807) is 13.8 Å². The lowest BCUT2D eigenvalue weighted by Crippen LogP contribution is -2.01. The lowest BCUT2D eigenvalue weighted by molar-refractivity contribution is -0.384. The predicted octanol–water partition coefficient (Wildman–Crippen LogP) is 6.02. The average Bonchev–Trinajstić information content (AvgIpc) is 2.70. The van der Waals surface area contributed by atoms with E-state index in [-0.39, 0.29) is 11.5 Å². The highest BCUT2D eigenvalue weighted by Crippen LogP contribution is 2.38. The first-order valence-corrected chi connectivity index (χ1v) is 9.40. The smallest absolute Gasteiger partial charge is 0.271 e. The van der Waals surface area contributed by atoms with Gasteiger partial charge in [0.05, 0.1) is 10.6 Å². The molecular formula is C23H21FN2O4. The summed E-state index contributed by atoms with van der Waals surface area (Å²) in [4.78, 5) is 21.6. The van der Waals surface area contributed by atoms with E-state index in [0.29, 0.717) is 41.2 Å². The van der Waals surface area contributed by atoms with Crippen molar-refractivity contribution in [1.29, 1.82) is 0 Å². The highest BCUT2D eigenvalue weighted by Gasteiger charge is 2.16. The SMILES string of the molecule is Cc1cc(F)cc(C)c1Oc1ccc([N+](=O)[O-])cc1Nc1ccccc1CCC=O. The summed E-state index contributed by atoms with van der Waals surface area (Å²) in [6.07, 6.45) is 1.75. The molecule has 0 unspecified atom stereocenters. The van der Waals surface area contributed by atoms with Crippen LogP contribution in [-0.4, -0.2) is 11.2 Å². The Morgan fingerprint density at radius 2 is 1.77 bits per heavy atom. The van der Waals surface area contributed by atoms with Crippen molar-refractivity contribution in [2.45, 2.75) is 26.7 Å². The number of nitrogens with zero attached hydrogens (tertiary/aromatic N) is 1. The molecule has 6 nitrogen and oxygen atoms in total. The molecule has 0 heterocycles. The molecule has 1 N–H and O–H groups in total. The van der Waals surface area contributed by atoms with Crippen molar-refractivity contribution >= 4 is 23.3 Å². The van der Waals surface area contributed by atoms with Gasteiger partial charge in [0, 0.05) is 24.2 Å². The van der Waals surface area contributed by atoms with Gasteiger partial charge in [-0.05, 0) is 61.2 Å². The van der Waals surface area contributed by atoms with Crippen LogP contribution < -0.4 is 10.1 Å². The second-order valence-electron chi connectivity index (χ2n) is 6.90. The zero-order valence-electron chi connectivity index (χ0n) is 16.6. The van der Waals surface area contributed by atoms with Crippen molar-refractivity contribution in [1.82, 2.24) is 0 Å². The van der Waals surface area contributed by atoms with Gasteiger partial charge in [-0.1, -0.05) is 18.2 Å². The number of hydrogen-bond acceptors (Lipinski definition) is 5. The van der Waals surface area contributed by atoms with Crippen LogP contribution in [0.5, 0.6) is 11.5 Å². The van der Waals surface area contributed by atoms with Crippen molar-refractivity contribution in [2.75, 3.05) is 5.32 Å². The van der Waals surface area contributed by atoms with Crippen LogP contribution in [0, 0.1) is 29.8 Å². The molecule has 0 bridgehead atoms. The van der Waals surface area contributed by atoms with Gasteiger partial charge in [0.1, 0.15) is 17.9 Å². The van der Waals surface area contributed by atoms with E-state index < -0.39 is 4.92 Å². The number of nitrogens with one attached hydrogen (secondary N) is 1. The molecule has 0 saturated carbocycles. The Kier molecular flexibility index (Phi) is 6.41. The molecule has 0 aliphatic heterocycles. The molecule has 3 rings (SSSR count). The monoisotopic (exact) mass is 408 g/mol. The van der Waals surface area contributed by atoms with Gasteiger partial charge >= 0.3 is 0 Å². The summed E-state index contributed by atoms with van der Waals surface area (Å²) in [7, 11) is 0. The summed E-state index contributed by atoms with van der Waals surface area (Å²) in [5, 5.41) is 14.5. The fraction of sp³-hybridized carbons (Fsp3) is 0.174. The zero-order chi connectivity index (χ0) is 21.7. The molecule has 0 saturated heterocycles. The van der Waals surface area contributed by atoms with Gasteiger partial charge in [0.15, 0.2) is 5.75 Å². The number of halogens is 1. The molecule has 3 aromatic carbocycles. The quantitative estimate of drug-likeness (QED) is 0.280. The van der Waals surface area contributed by atoms with Crippen molar-refractivity contribution in [3.8, 4) is 11.5 Å². The van der Waals surface area contributed by atoms with E-state index in [1.165, 1.54) is 30.3 Å². The molecule has 30 heavy (non-hydrogen) atoms. The Labute approximate surface area is 173 Å². The number of hydrogen-bond donors (Lipinski definition) is 1. The molecule has 0 aliphatic rings. The minimum atomic E-state index is -0.484. The van der Waals surface area contributed by atoms with E-state index in [0.717, 1.165) is 17.5 Å². The van der Waals surface area contributed by atoms with Crippen molar-refractivity contribution < 1.29 is 18.8 Å². The largest absolute Gasteiger partial charge is 0.455 e. The summed E-state index contributed by atoms with van der Waals surface area (Å²) in [6.45, 7) is 3.47. The third-order valence-electron chi connectivity index (χ3n) is 4.63. The molecule has 0 radical (unpaired) electrons. The molecule has 0 fully saturated rings. The molecule has 7 heteroatoms. The Morgan fingerprint density at radius 3 is 2.43 bits per heavy atom. The fourth-order valence-electron chi connectivity index (χ4n) is 3.21. The number of ether oxygens (including phenoxy) is 1. The van der Waals surface area contributed by atoms with E-state index in [2.05, 4.69) is 5.32 Å². The summed E-state index contributed by atoms with van der Waals surface area (Å²) >= 11 is 0. The van der Waals surface area contributed by atoms with Gasteiger partial charge in [0.2, 0.25) is 0 Å². The Hall–Kier alpha value is -3.74. The average molecular weight is 408 g/mol. The summed E-state index contributed by atoms with van der Waals surface area (Å²) < 4.78 is 19.7. The first-order valence-electron chi connectivity index (χ1n) is 9.40. The summed E-state index contributed by atoms with van der Waals surface area (Å²) in [5.74, 6) is 0.495. The molecule has 0 spiro atoms. The number of aldehydes is 1. The topological polar surface area (TPSA) is 81.5 Å². The number of anilines is 2. The van der Waals surface area contributed by atoms with Crippen LogP contribution in [0.25, 0.3) is 0 Å². The normalized spacial score (nSPS) is 10.5. The van der Waals surface area contributed by atoms with Gasteiger partial charge in [0.25, 0.3) is 5.69 Å². The number of nitro benzene ring substituents is 1. The molecule has 0 amide bonds. The number of aryl methyl sites for hydroxylation is 3. The molecule has 0 aliphatic carbocycles. The van der Waals surface area contributed by atoms with Crippen molar-refractivity contribution in [2.24, 2.45) is 0 Å². The molecule has 0 aromatic heterocycles. The number of non-ortho nitro benzene ring substituents is 1. The van der Waals surface area contributed by atoms with Crippen LogP contribution in [0.3, 0.4) is 0 Å². The third-order valence-corrected chi connectivity index (χ3v) is 4.63. The fourth-order valence-corrected chi connectivity index (χ4v) is 3.21. The lowest BCUT2D eigenvalue weighted by Gasteiger charge is -2.17. The van der Waals surface area contributed by atoms with Crippen molar-refractivity contribution in [3.63, 3.8) is 0 Å². The maximum absolute atomic E-state index is 13.6. The molecule has 3 aromatic rings. The number of nitro groups is 1. The van der Waals surface area contributed by atoms with E-state index in [9.17, 15) is 19.3 Å². The highest BCUT2D eigenvalue weighted by atomic mass is 19.1. The second kappa shape index (κ2) is 9.17. The van der Waals surface area contributed by atoms with Crippen LogP contribution in [0.4, 0.5) is 21.5 Å². The van der Waals surface area contributed by atoms with Crippen LogP contribution in [0.1, 0.15) is 23.1 Å². The van der Waals surface area contributed by atoms with Crippen LogP contribution in [-0.2, 0) is 11.2 Å². The summed E-state index contributed by atoms with van der Waals surface area (Å²) in [5.41, 5.74) is 3.15. The molecular weight excluding hydrogens is 387 g/mol. The van der Waals surface area contributed by atoms with E-state index >= 15 is 0 Å². The second-order valence-corrected chi connectivity index (χ2v) is 6.90. The standard InChI is InChI=1S/C23H21FN2O4/c1-15-12-18(24)13-16(2)23(15)30-22-10-9-19(26(28)29)14-21(22)25-20-8-4-3-6-17(20)7-5-11-27/h3-4,6,8-14,25H,5,7H2,1-2H3. The van der Waals surface area contributed by atoms with Gasteiger partial charge < -0.3 is 14.8 Å². The Balaban J connectivity index is 2.02. The van der Waals surface area contributed by atoms with Crippen LogP contribution >= 0.6 is 0 Å². The first kappa shape index (κ1) is 21.0. The van der Waals surface area contributed by atoms with E-state index in [4.69, 9.17) is 4.74 Å². The number of carbonyl (C=O) groups is 1. The highest BCUT2D eigenvalue weighted by molar-refractivity contribution is 5.72. The minimum absolute atomic E-state index is 0.0947. The summed E-state index contributed by atoms with van der Waals surface area (Å²) in [6, 6.07) is 14.4. The number of para-hydroxylation sites is 1.